The number of carbonyl (C=O) groups is 2. The van der Waals surface area contributed by atoms with Crippen LogP contribution in [0.3, 0.4) is 0 Å². The minimum atomic E-state index is -4.13. The van der Waals surface area contributed by atoms with Crippen molar-refractivity contribution in [2.45, 2.75) is 57.6 Å². The molecule has 208 valence electrons. The lowest BCUT2D eigenvalue weighted by Crippen LogP contribution is -2.52. The van der Waals surface area contributed by atoms with Crippen molar-refractivity contribution in [1.29, 1.82) is 0 Å². The van der Waals surface area contributed by atoms with Crippen molar-refractivity contribution in [3.05, 3.63) is 94.0 Å². The SMILES string of the molecule is CC[C@@H](C)NC(=O)[C@H](C)N(Cc1ccc(Cl)cc1)C(=O)CN(c1ccc(Cl)cc1)S(=O)(=O)c1ccc(C)cc1. The van der Waals surface area contributed by atoms with Crippen LogP contribution in [0.25, 0.3) is 0 Å². The van der Waals surface area contributed by atoms with Crippen molar-refractivity contribution in [2.75, 3.05) is 10.8 Å². The highest BCUT2D eigenvalue weighted by atomic mass is 35.5. The van der Waals surface area contributed by atoms with Crippen LogP contribution in [-0.2, 0) is 26.2 Å². The maximum Gasteiger partial charge on any atom is 0.264 e. The zero-order chi connectivity index (χ0) is 28.7. The largest absolute Gasteiger partial charge is 0.352 e. The number of carbonyl (C=O) groups excluding carboxylic acids is 2. The van der Waals surface area contributed by atoms with Gasteiger partial charge in [-0.2, -0.15) is 0 Å². The molecule has 7 nitrogen and oxygen atoms in total. The molecule has 0 radical (unpaired) electrons. The van der Waals surface area contributed by atoms with Crippen molar-refractivity contribution in [2.24, 2.45) is 0 Å². The van der Waals surface area contributed by atoms with Crippen LogP contribution in [0.4, 0.5) is 5.69 Å². The first-order chi connectivity index (χ1) is 18.4. The molecule has 1 N–H and O–H groups in total. The molecule has 0 aromatic heterocycles. The quantitative estimate of drug-likeness (QED) is 0.305. The molecule has 0 spiro atoms. The minimum absolute atomic E-state index is 0.0441. The van der Waals surface area contributed by atoms with Gasteiger partial charge >= 0.3 is 0 Å². The average Bonchev–Trinajstić information content (AvgIpc) is 2.91. The molecule has 0 saturated heterocycles. The fraction of sp³-hybridized carbons (Fsp3) is 0.310. The van der Waals surface area contributed by atoms with Gasteiger partial charge < -0.3 is 10.2 Å². The number of nitrogens with zero attached hydrogens (tertiary/aromatic N) is 2. The van der Waals surface area contributed by atoms with Crippen LogP contribution in [0.1, 0.15) is 38.3 Å². The van der Waals surface area contributed by atoms with Crippen LogP contribution in [0.5, 0.6) is 0 Å². The summed E-state index contributed by atoms with van der Waals surface area (Å²) in [6.45, 7) is 6.89. The third-order valence-electron chi connectivity index (χ3n) is 6.44. The highest BCUT2D eigenvalue weighted by Gasteiger charge is 2.32. The van der Waals surface area contributed by atoms with Gasteiger partial charge in [0.1, 0.15) is 12.6 Å². The molecule has 3 aromatic rings. The van der Waals surface area contributed by atoms with E-state index in [2.05, 4.69) is 5.32 Å². The van der Waals surface area contributed by atoms with E-state index in [4.69, 9.17) is 23.2 Å². The van der Waals surface area contributed by atoms with Gasteiger partial charge in [0.25, 0.3) is 10.0 Å². The van der Waals surface area contributed by atoms with E-state index in [9.17, 15) is 18.0 Å². The normalized spacial score (nSPS) is 12.9. The number of nitrogens with one attached hydrogen (secondary N) is 1. The number of halogens is 2. The topological polar surface area (TPSA) is 86.8 Å². The fourth-order valence-corrected chi connectivity index (χ4v) is 5.47. The summed E-state index contributed by atoms with van der Waals surface area (Å²) < 4.78 is 28.6. The van der Waals surface area contributed by atoms with Crippen LogP contribution in [0.15, 0.2) is 77.7 Å². The molecule has 0 heterocycles. The summed E-state index contributed by atoms with van der Waals surface area (Å²) in [5, 5.41) is 3.88. The molecule has 3 aromatic carbocycles. The Labute approximate surface area is 240 Å². The van der Waals surface area contributed by atoms with E-state index in [1.165, 1.54) is 17.0 Å². The van der Waals surface area contributed by atoms with E-state index in [-0.39, 0.29) is 29.1 Å². The van der Waals surface area contributed by atoms with Crippen LogP contribution >= 0.6 is 23.2 Å². The molecule has 39 heavy (non-hydrogen) atoms. The van der Waals surface area contributed by atoms with Gasteiger partial charge in [0.2, 0.25) is 11.8 Å². The van der Waals surface area contributed by atoms with Gasteiger partial charge in [-0.15, -0.1) is 0 Å². The van der Waals surface area contributed by atoms with Crippen molar-refractivity contribution >= 4 is 50.7 Å². The average molecular weight is 591 g/mol. The lowest BCUT2D eigenvalue weighted by molar-refractivity contribution is -0.139. The molecular weight excluding hydrogens is 557 g/mol. The van der Waals surface area contributed by atoms with Crippen LogP contribution < -0.4 is 9.62 Å². The summed E-state index contributed by atoms with van der Waals surface area (Å²) in [5.74, 6) is -0.867. The van der Waals surface area contributed by atoms with Gasteiger partial charge in [0.15, 0.2) is 0 Å². The van der Waals surface area contributed by atoms with E-state index in [1.807, 2.05) is 20.8 Å². The Hall–Kier alpha value is -3.07. The van der Waals surface area contributed by atoms with Gasteiger partial charge in [0, 0.05) is 22.6 Å². The Bertz CT molecular complexity index is 1380. The third-order valence-corrected chi connectivity index (χ3v) is 8.73. The second-order valence-electron chi connectivity index (χ2n) is 9.44. The van der Waals surface area contributed by atoms with E-state index in [0.717, 1.165) is 21.9 Å². The molecule has 0 aliphatic carbocycles. The summed E-state index contributed by atoms with van der Waals surface area (Å²) in [7, 11) is -4.13. The molecule has 0 bridgehead atoms. The highest BCUT2D eigenvalue weighted by Crippen LogP contribution is 2.26. The van der Waals surface area contributed by atoms with E-state index >= 15 is 0 Å². The van der Waals surface area contributed by atoms with Gasteiger partial charge in [-0.05, 0) is 81.3 Å². The Morgan fingerprint density at radius 3 is 1.95 bits per heavy atom. The molecule has 10 heteroatoms. The Morgan fingerprint density at radius 2 is 1.41 bits per heavy atom. The Kier molecular flexibility index (Phi) is 10.4. The monoisotopic (exact) mass is 589 g/mol. The summed E-state index contributed by atoms with van der Waals surface area (Å²) in [6.07, 6.45) is 0.725. The first-order valence-corrected chi connectivity index (χ1v) is 14.8. The van der Waals surface area contributed by atoms with Crippen molar-refractivity contribution in [3.8, 4) is 0 Å². The fourth-order valence-electron chi connectivity index (χ4n) is 3.81. The summed E-state index contributed by atoms with van der Waals surface area (Å²) in [6, 6.07) is 18.6. The molecule has 0 aliphatic heterocycles. The van der Waals surface area contributed by atoms with E-state index < -0.39 is 28.5 Å². The molecule has 0 aliphatic rings. The van der Waals surface area contributed by atoms with Gasteiger partial charge in [-0.1, -0.05) is 60.0 Å². The number of rotatable bonds is 11. The van der Waals surface area contributed by atoms with Crippen LogP contribution in [0.2, 0.25) is 10.0 Å². The molecule has 0 saturated carbocycles. The molecule has 3 rings (SSSR count). The highest BCUT2D eigenvalue weighted by molar-refractivity contribution is 7.92. The van der Waals surface area contributed by atoms with Crippen molar-refractivity contribution in [1.82, 2.24) is 10.2 Å². The second kappa shape index (κ2) is 13.3. The zero-order valence-electron chi connectivity index (χ0n) is 22.4. The van der Waals surface area contributed by atoms with Crippen molar-refractivity contribution < 1.29 is 18.0 Å². The number of benzene rings is 3. The first kappa shape index (κ1) is 30.5. The molecule has 0 unspecified atom stereocenters. The lowest BCUT2D eigenvalue weighted by Gasteiger charge is -2.32. The summed E-state index contributed by atoms with van der Waals surface area (Å²) in [5.41, 5.74) is 1.92. The van der Waals surface area contributed by atoms with Gasteiger partial charge in [-0.3, -0.25) is 13.9 Å². The molecule has 2 amide bonds. The summed E-state index contributed by atoms with van der Waals surface area (Å²) in [4.78, 5) is 28.4. The van der Waals surface area contributed by atoms with Crippen LogP contribution in [0, 0.1) is 6.92 Å². The first-order valence-electron chi connectivity index (χ1n) is 12.6. The predicted octanol–water partition coefficient (Wildman–Crippen LogP) is 5.83. The molecular formula is C29H33Cl2N3O4S. The second-order valence-corrected chi connectivity index (χ2v) is 12.2. The number of hydrogen-bond donors (Lipinski definition) is 1. The number of sulfonamides is 1. The van der Waals surface area contributed by atoms with Crippen LogP contribution in [-0.4, -0.2) is 43.8 Å². The van der Waals surface area contributed by atoms with E-state index in [0.29, 0.717) is 10.0 Å². The smallest absolute Gasteiger partial charge is 0.264 e. The maximum absolute atomic E-state index is 13.9. The third kappa shape index (κ3) is 7.97. The number of anilines is 1. The standard InChI is InChI=1S/C29H33Cl2N3O4S/c1-5-21(3)32-29(36)22(4)33(18-23-8-10-24(30)11-9-23)28(35)19-34(26-14-12-25(31)13-15-26)39(37,38)27-16-6-20(2)7-17-27/h6-17,21-22H,5,18-19H2,1-4H3,(H,32,36)/t21-,22+/m1/s1. The zero-order valence-corrected chi connectivity index (χ0v) is 24.7. The molecule has 0 fully saturated rings. The lowest BCUT2D eigenvalue weighted by atomic mass is 10.1. The summed E-state index contributed by atoms with van der Waals surface area (Å²) >= 11 is 12.1. The molecule has 2 atom stereocenters. The number of hydrogen-bond acceptors (Lipinski definition) is 4. The predicted molar refractivity (Wildman–Crippen MR) is 157 cm³/mol. The van der Waals surface area contributed by atoms with Crippen molar-refractivity contribution in [3.63, 3.8) is 0 Å². The minimum Gasteiger partial charge on any atom is -0.352 e. The van der Waals surface area contributed by atoms with E-state index in [1.54, 1.807) is 67.6 Å². The Balaban J connectivity index is 2.01. The van der Waals surface area contributed by atoms with Gasteiger partial charge in [0.05, 0.1) is 10.6 Å². The van der Waals surface area contributed by atoms with Gasteiger partial charge in [-0.25, -0.2) is 8.42 Å². The number of amides is 2. The maximum atomic E-state index is 13.9. The Morgan fingerprint density at radius 1 is 0.872 bits per heavy atom. The number of aryl methyl sites for hydroxylation is 1.